The molecule has 0 aliphatic carbocycles. The molecule has 0 bridgehead atoms. The van der Waals surface area contributed by atoms with E-state index in [4.69, 9.17) is 16.3 Å². The number of carbonyl (C=O) groups excluding carboxylic acids is 1. The molecule has 1 N–H and O–H groups in total. The molecule has 0 radical (unpaired) electrons. The van der Waals surface area contributed by atoms with Crippen LogP contribution in [0.3, 0.4) is 0 Å². The number of carbonyl (C=O) groups is 1. The second-order valence-corrected chi connectivity index (χ2v) is 6.74. The number of amides is 1. The molecule has 0 aliphatic rings. The zero-order chi connectivity index (χ0) is 18.9. The molecule has 138 valence electrons. The Morgan fingerprint density at radius 1 is 1.23 bits per heavy atom. The Morgan fingerprint density at radius 2 is 1.92 bits per heavy atom. The molecule has 0 unspecified atom stereocenters. The number of hydrogen-bond donors (Lipinski definition) is 1. The Hall–Kier alpha value is -2.05. The van der Waals surface area contributed by atoms with E-state index in [-0.39, 0.29) is 12.5 Å². The SMILES string of the molecule is CCN(CC)c1ccc(C=NNC(=O)COc2ccc(Br)cc2Cl)cc1. The summed E-state index contributed by atoms with van der Waals surface area (Å²) in [7, 11) is 0. The molecule has 0 saturated carbocycles. The Morgan fingerprint density at radius 3 is 2.54 bits per heavy atom. The van der Waals surface area contributed by atoms with Crippen LogP contribution in [0, 0.1) is 0 Å². The lowest BCUT2D eigenvalue weighted by Crippen LogP contribution is -2.24. The molecule has 2 aromatic carbocycles. The van der Waals surface area contributed by atoms with Crippen LogP contribution in [-0.4, -0.2) is 31.8 Å². The third-order valence-electron chi connectivity index (χ3n) is 3.68. The predicted molar refractivity (Wildman–Crippen MR) is 110 cm³/mol. The van der Waals surface area contributed by atoms with Crippen molar-refractivity contribution >= 4 is 45.3 Å². The lowest BCUT2D eigenvalue weighted by Gasteiger charge is -2.20. The molecule has 26 heavy (non-hydrogen) atoms. The lowest BCUT2D eigenvalue weighted by atomic mass is 10.2. The molecular weight excluding hydrogens is 418 g/mol. The maximum Gasteiger partial charge on any atom is 0.277 e. The summed E-state index contributed by atoms with van der Waals surface area (Å²) in [6, 6.07) is 13.2. The average molecular weight is 439 g/mol. The lowest BCUT2D eigenvalue weighted by molar-refractivity contribution is -0.123. The van der Waals surface area contributed by atoms with Crippen LogP contribution in [0.1, 0.15) is 19.4 Å². The summed E-state index contributed by atoms with van der Waals surface area (Å²) < 4.78 is 6.22. The van der Waals surface area contributed by atoms with Crippen molar-refractivity contribution in [3.63, 3.8) is 0 Å². The van der Waals surface area contributed by atoms with Gasteiger partial charge >= 0.3 is 0 Å². The minimum Gasteiger partial charge on any atom is -0.482 e. The molecule has 0 aromatic heterocycles. The molecule has 0 spiro atoms. The maximum absolute atomic E-state index is 11.8. The summed E-state index contributed by atoms with van der Waals surface area (Å²) in [4.78, 5) is 14.1. The predicted octanol–water partition coefficient (Wildman–Crippen LogP) is 4.48. The van der Waals surface area contributed by atoms with Gasteiger partial charge in [-0.3, -0.25) is 4.79 Å². The second-order valence-electron chi connectivity index (χ2n) is 5.42. The van der Waals surface area contributed by atoms with Crippen LogP contribution in [0.5, 0.6) is 5.75 Å². The average Bonchev–Trinajstić information content (AvgIpc) is 2.63. The van der Waals surface area contributed by atoms with E-state index < -0.39 is 0 Å². The summed E-state index contributed by atoms with van der Waals surface area (Å²) >= 11 is 9.35. The molecule has 5 nitrogen and oxygen atoms in total. The van der Waals surface area contributed by atoms with Gasteiger partial charge in [-0.05, 0) is 49.7 Å². The molecule has 0 heterocycles. The second kappa shape index (κ2) is 10.2. The minimum atomic E-state index is -0.361. The quantitative estimate of drug-likeness (QED) is 0.488. The van der Waals surface area contributed by atoms with E-state index in [0.717, 1.165) is 28.8 Å². The summed E-state index contributed by atoms with van der Waals surface area (Å²) in [5, 5.41) is 4.38. The van der Waals surface area contributed by atoms with Crippen LogP contribution < -0.4 is 15.1 Å². The van der Waals surface area contributed by atoms with Gasteiger partial charge in [0.2, 0.25) is 0 Å². The molecular formula is C19H21BrClN3O2. The van der Waals surface area contributed by atoms with Crippen LogP contribution in [0.15, 0.2) is 52.0 Å². The third-order valence-corrected chi connectivity index (χ3v) is 4.47. The van der Waals surface area contributed by atoms with E-state index >= 15 is 0 Å². The number of anilines is 1. The first-order chi connectivity index (χ1) is 12.5. The first-order valence-electron chi connectivity index (χ1n) is 8.28. The summed E-state index contributed by atoms with van der Waals surface area (Å²) in [5.41, 5.74) is 4.50. The van der Waals surface area contributed by atoms with Crippen LogP contribution in [0.25, 0.3) is 0 Å². The first-order valence-corrected chi connectivity index (χ1v) is 9.45. The summed E-state index contributed by atoms with van der Waals surface area (Å²) in [6.07, 6.45) is 1.59. The molecule has 0 fully saturated rings. The summed E-state index contributed by atoms with van der Waals surface area (Å²) in [5.74, 6) is 0.0842. The fraction of sp³-hybridized carbons (Fsp3) is 0.263. The normalized spacial score (nSPS) is 10.8. The highest BCUT2D eigenvalue weighted by atomic mass is 79.9. The Bertz CT molecular complexity index is 762. The highest BCUT2D eigenvalue weighted by Crippen LogP contribution is 2.27. The number of hydrazone groups is 1. The number of rotatable bonds is 8. The van der Waals surface area contributed by atoms with Crippen LogP contribution >= 0.6 is 27.5 Å². The van der Waals surface area contributed by atoms with E-state index in [9.17, 15) is 4.79 Å². The van der Waals surface area contributed by atoms with Crippen LogP contribution in [0.4, 0.5) is 5.69 Å². The summed E-state index contributed by atoms with van der Waals surface area (Å²) in [6.45, 7) is 6.00. The third kappa shape index (κ3) is 6.04. The molecule has 2 rings (SSSR count). The molecule has 0 atom stereocenters. The number of nitrogens with one attached hydrogen (secondary N) is 1. The number of halogens is 2. The van der Waals surface area contributed by atoms with Crippen molar-refractivity contribution in [1.82, 2.24) is 5.43 Å². The largest absolute Gasteiger partial charge is 0.482 e. The van der Waals surface area contributed by atoms with Gasteiger partial charge in [-0.1, -0.05) is 39.7 Å². The van der Waals surface area contributed by atoms with Crippen molar-refractivity contribution in [2.24, 2.45) is 5.10 Å². The van der Waals surface area contributed by atoms with Gasteiger partial charge in [0.25, 0.3) is 5.91 Å². The van der Waals surface area contributed by atoms with Crippen molar-refractivity contribution in [1.29, 1.82) is 0 Å². The first kappa shape index (κ1) is 20.3. The fourth-order valence-corrected chi connectivity index (χ4v) is 3.03. The molecule has 7 heteroatoms. The van der Waals surface area contributed by atoms with E-state index in [1.54, 1.807) is 24.4 Å². The molecule has 0 aliphatic heterocycles. The van der Waals surface area contributed by atoms with E-state index in [1.165, 1.54) is 0 Å². The van der Waals surface area contributed by atoms with Crippen molar-refractivity contribution in [2.45, 2.75) is 13.8 Å². The van der Waals surface area contributed by atoms with Gasteiger partial charge < -0.3 is 9.64 Å². The Balaban J connectivity index is 1.83. The number of ether oxygens (including phenoxy) is 1. The van der Waals surface area contributed by atoms with Gasteiger partial charge in [-0.2, -0.15) is 5.10 Å². The number of hydrogen-bond acceptors (Lipinski definition) is 4. The standard InChI is InChI=1S/C19H21BrClN3O2/c1-3-24(4-2)16-8-5-14(6-9-16)12-22-23-19(25)13-26-18-10-7-15(20)11-17(18)21/h5-12H,3-4,13H2,1-2H3,(H,23,25). The van der Waals surface area contributed by atoms with Crippen molar-refractivity contribution < 1.29 is 9.53 Å². The number of benzene rings is 2. The zero-order valence-electron chi connectivity index (χ0n) is 14.7. The highest BCUT2D eigenvalue weighted by molar-refractivity contribution is 9.10. The van der Waals surface area contributed by atoms with E-state index in [2.05, 4.69) is 45.2 Å². The highest BCUT2D eigenvalue weighted by Gasteiger charge is 2.06. The van der Waals surface area contributed by atoms with E-state index in [0.29, 0.717) is 10.8 Å². The fourth-order valence-electron chi connectivity index (χ4n) is 2.31. The van der Waals surface area contributed by atoms with Crippen molar-refractivity contribution in [3.8, 4) is 5.75 Å². The van der Waals surface area contributed by atoms with Gasteiger partial charge in [-0.15, -0.1) is 0 Å². The minimum absolute atomic E-state index is 0.167. The van der Waals surface area contributed by atoms with Gasteiger partial charge in [0.1, 0.15) is 5.75 Å². The molecule has 1 amide bonds. The molecule has 2 aromatic rings. The molecule has 0 saturated heterocycles. The van der Waals surface area contributed by atoms with Gasteiger partial charge in [0, 0.05) is 23.2 Å². The van der Waals surface area contributed by atoms with Gasteiger partial charge in [0.05, 0.1) is 11.2 Å². The van der Waals surface area contributed by atoms with Crippen LogP contribution in [-0.2, 0) is 4.79 Å². The van der Waals surface area contributed by atoms with Gasteiger partial charge in [-0.25, -0.2) is 5.43 Å². The van der Waals surface area contributed by atoms with Crippen molar-refractivity contribution in [3.05, 3.63) is 57.5 Å². The maximum atomic E-state index is 11.8. The van der Waals surface area contributed by atoms with Crippen LogP contribution in [0.2, 0.25) is 5.02 Å². The smallest absolute Gasteiger partial charge is 0.277 e. The van der Waals surface area contributed by atoms with E-state index in [1.807, 2.05) is 24.3 Å². The Labute approximate surface area is 167 Å². The van der Waals surface area contributed by atoms with Crippen molar-refractivity contribution in [2.75, 3.05) is 24.6 Å². The Kier molecular flexibility index (Phi) is 7.94. The topological polar surface area (TPSA) is 53.9 Å². The van der Waals surface area contributed by atoms with Gasteiger partial charge in [0.15, 0.2) is 6.61 Å². The zero-order valence-corrected chi connectivity index (χ0v) is 17.0. The monoisotopic (exact) mass is 437 g/mol. The number of nitrogens with zero attached hydrogens (tertiary/aromatic N) is 2.